The molecule has 116 valence electrons. The molecule has 0 aliphatic heterocycles. The molecule has 6 heteroatoms. The van der Waals surface area contributed by atoms with Gasteiger partial charge >= 0.3 is 0 Å². The van der Waals surface area contributed by atoms with Gasteiger partial charge < -0.3 is 5.32 Å². The molecule has 6 nitrogen and oxygen atoms in total. The SMILES string of the molecule is O=[N+]([O-])c1ccc2ncnc(Nc3ccc4ccccc4c3)c2c1. The quantitative estimate of drug-likeness (QED) is 0.446. The number of nitro groups is 1. The minimum Gasteiger partial charge on any atom is -0.340 e. The van der Waals surface area contributed by atoms with E-state index < -0.39 is 4.92 Å². The predicted molar refractivity (Wildman–Crippen MR) is 93.4 cm³/mol. The van der Waals surface area contributed by atoms with Crippen LogP contribution in [0.3, 0.4) is 0 Å². The fourth-order valence-electron chi connectivity index (χ4n) is 2.66. The van der Waals surface area contributed by atoms with E-state index in [1.165, 1.54) is 18.5 Å². The normalized spacial score (nSPS) is 10.8. The fourth-order valence-corrected chi connectivity index (χ4v) is 2.66. The summed E-state index contributed by atoms with van der Waals surface area (Å²) < 4.78 is 0. The van der Waals surface area contributed by atoms with Crippen molar-refractivity contribution < 1.29 is 4.92 Å². The van der Waals surface area contributed by atoms with Crippen molar-refractivity contribution in [1.29, 1.82) is 0 Å². The summed E-state index contributed by atoms with van der Waals surface area (Å²) in [6.07, 6.45) is 1.44. The second-order valence-corrected chi connectivity index (χ2v) is 5.37. The van der Waals surface area contributed by atoms with Crippen molar-refractivity contribution in [2.75, 3.05) is 5.32 Å². The lowest BCUT2D eigenvalue weighted by Crippen LogP contribution is -1.97. The Labute approximate surface area is 136 Å². The van der Waals surface area contributed by atoms with Crippen molar-refractivity contribution in [3.8, 4) is 0 Å². The third-order valence-corrected chi connectivity index (χ3v) is 3.84. The third-order valence-electron chi connectivity index (χ3n) is 3.84. The molecule has 0 spiro atoms. The van der Waals surface area contributed by atoms with E-state index in [-0.39, 0.29) is 5.69 Å². The molecule has 0 atom stereocenters. The van der Waals surface area contributed by atoms with Gasteiger partial charge in [0.25, 0.3) is 5.69 Å². The molecule has 1 N–H and O–H groups in total. The molecule has 0 aliphatic carbocycles. The number of benzene rings is 3. The molecule has 24 heavy (non-hydrogen) atoms. The van der Waals surface area contributed by atoms with Crippen molar-refractivity contribution in [2.24, 2.45) is 0 Å². The summed E-state index contributed by atoms with van der Waals surface area (Å²) in [5, 5.41) is 17.1. The number of nitro benzene ring substituents is 1. The van der Waals surface area contributed by atoms with Crippen LogP contribution >= 0.6 is 0 Å². The Balaban J connectivity index is 1.80. The molecule has 0 saturated heterocycles. The number of nitrogens with zero attached hydrogens (tertiary/aromatic N) is 3. The number of fused-ring (bicyclic) bond motifs is 2. The van der Waals surface area contributed by atoms with Crippen LogP contribution in [0.15, 0.2) is 67.0 Å². The second kappa shape index (κ2) is 5.58. The largest absolute Gasteiger partial charge is 0.340 e. The highest BCUT2D eigenvalue weighted by Crippen LogP contribution is 2.28. The summed E-state index contributed by atoms with van der Waals surface area (Å²) >= 11 is 0. The zero-order chi connectivity index (χ0) is 16.5. The second-order valence-electron chi connectivity index (χ2n) is 5.37. The predicted octanol–water partition coefficient (Wildman–Crippen LogP) is 4.43. The summed E-state index contributed by atoms with van der Waals surface area (Å²) in [5.74, 6) is 0.541. The monoisotopic (exact) mass is 316 g/mol. The Morgan fingerprint density at radius 3 is 2.58 bits per heavy atom. The average Bonchev–Trinajstić information content (AvgIpc) is 2.61. The van der Waals surface area contributed by atoms with E-state index in [1.54, 1.807) is 6.07 Å². The van der Waals surface area contributed by atoms with Gasteiger partial charge in [0.2, 0.25) is 0 Å². The molecule has 0 fully saturated rings. The molecule has 1 heterocycles. The molecule has 0 radical (unpaired) electrons. The average molecular weight is 316 g/mol. The van der Waals surface area contributed by atoms with Gasteiger partial charge in [0, 0.05) is 23.2 Å². The first-order chi connectivity index (χ1) is 11.7. The first kappa shape index (κ1) is 14.1. The van der Waals surface area contributed by atoms with E-state index in [0.29, 0.717) is 16.7 Å². The van der Waals surface area contributed by atoms with Crippen LogP contribution in [-0.4, -0.2) is 14.9 Å². The summed E-state index contributed by atoms with van der Waals surface area (Å²) in [6, 6.07) is 18.6. The highest BCUT2D eigenvalue weighted by Gasteiger charge is 2.11. The van der Waals surface area contributed by atoms with Gasteiger partial charge in [-0.3, -0.25) is 10.1 Å². The van der Waals surface area contributed by atoms with Crippen molar-refractivity contribution in [3.63, 3.8) is 0 Å². The molecular formula is C18H12N4O2. The Morgan fingerprint density at radius 2 is 1.75 bits per heavy atom. The van der Waals surface area contributed by atoms with Crippen LogP contribution < -0.4 is 5.32 Å². The van der Waals surface area contributed by atoms with E-state index >= 15 is 0 Å². The van der Waals surface area contributed by atoms with Gasteiger partial charge in [0.05, 0.1) is 10.4 Å². The maximum absolute atomic E-state index is 11.0. The molecule has 0 bridgehead atoms. The fraction of sp³-hybridized carbons (Fsp3) is 0. The van der Waals surface area contributed by atoms with Crippen molar-refractivity contribution in [3.05, 3.63) is 77.1 Å². The van der Waals surface area contributed by atoms with Crippen LogP contribution in [0.25, 0.3) is 21.7 Å². The molecule has 0 unspecified atom stereocenters. The number of aromatic nitrogens is 2. The minimum absolute atomic E-state index is 0.0128. The van der Waals surface area contributed by atoms with Crippen LogP contribution in [0.2, 0.25) is 0 Å². The van der Waals surface area contributed by atoms with Gasteiger partial charge in [-0.2, -0.15) is 0 Å². The van der Waals surface area contributed by atoms with Crippen LogP contribution in [0, 0.1) is 10.1 Å². The molecule has 4 aromatic rings. The maximum Gasteiger partial charge on any atom is 0.270 e. The molecule has 1 aromatic heterocycles. The highest BCUT2D eigenvalue weighted by atomic mass is 16.6. The number of hydrogen-bond acceptors (Lipinski definition) is 5. The molecule has 4 rings (SSSR count). The van der Waals surface area contributed by atoms with Gasteiger partial charge in [-0.25, -0.2) is 9.97 Å². The van der Waals surface area contributed by atoms with Crippen LogP contribution in [0.5, 0.6) is 0 Å². The smallest absolute Gasteiger partial charge is 0.270 e. The van der Waals surface area contributed by atoms with E-state index in [1.807, 2.05) is 42.5 Å². The number of anilines is 2. The van der Waals surface area contributed by atoms with Gasteiger partial charge in [-0.05, 0) is 29.0 Å². The number of rotatable bonds is 3. The van der Waals surface area contributed by atoms with Crippen molar-refractivity contribution >= 4 is 38.9 Å². The molecule has 0 aliphatic rings. The Hall–Kier alpha value is -3.54. The van der Waals surface area contributed by atoms with Crippen LogP contribution in [-0.2, 0) is 0 Å². The van der Waals surface area contributed by atoms with E-state index in [0.717, 1.165) is 16.5 Å². The molecular weight excluding hydrogens is 304 g/mol. The lowest BCUT2D eigenvalue weighted by molar-refractivity contribution is -0.384. The number of nitrogens with one attached hydrogen (secondary N) is 1. The lowest BCUT2D eigenvalue weighted by Gasteiger charge is -2.09. The van der Waals surface area contributed by atoms with Gasteiger partial charge in [-0.15, -0.1) is 0 Å². The summed E-state index contributed by atoms with van der Waals surface area (Å²) in [7, 11) is 0. The van der Waals surface area contributed by atoms with Gasteiger partial charge in [-0.1, -0.05) is 30.3 Å². The number of hydrogen-bond donors (Lipinski definition) is 1. The summed E-state index contributed by atoms with van der Waals surface area (Å²) in [4.78, 5) is 19.0. The van der Waals surface area contributed by atoms with Crippen LogP contribution in [0.1, 0.15) is 0 Å². The minimum atomic E-state index is -0.424. The van der Waals surface area contributed by atoms with Crippen LogP contribution in [0.4, 0.5) is 17.2 Å². The lowest BCUT2D eigenvalue weighted by atomic mass is 10.1. The zero-order valence-corrected chi connectivity index (χ0v) is 12.5. The van der Waals surface area contributed by atoms with Gasteiger partial charge in [0.15, 0.2) is 0 Å². The topological polar surface area (TPSA) is 81.0 Å². The van der Waals surface area contributed by atoms with E-state index in [4.69, 9.17) is 0 Å². The highest BCUT2D eigenvalue weighted by molar-refractivity contribution is 5.93. The van der Waals surface area contributed by atoms with E-state index in [9.17, 15) is 10.1 Å². The molecule has 0 saturated carbocycles. The Kier molecular flexibility index (Phi) is 3.28. The first-order valence-corrected chi connectivity index (χ1v) is 7.36. The Morgan fingerprint density at radius 1 is 0.917 bits per heavy atom. The van der Waals surface area contributed by atoms with Crippen molar-refractivity contribution in [2.45, 2.75) is 0 Å². The summed E-state index contributed by atoms with van der Waals surface area (Å²) in [6.45, 7) is 0. The van der Waals surface area contributed by atoms with E-state index in [2.05, 4.69) is 15.3 Å². The maximum atomic E-state index is 11.0. The zero-order valence-electron chi connectivity index (χ0n) is 12.5. The third kappa shape index (κ3) is 2.50. The summed E-state index contributed by atoms with van der Waals surface area (Å²) in [5.41, 5.74) is 1.53. The molecule has 3 aromatic carbocycles. The Bertz CT molecular complexity index is 1080. The molecule has 0 amide bonds. The van der Waals surface area contributed by atoms with Gasteiger partial charge in [0.1, 0.15) is 12.1 Å². The van der Waals surface area contributed by atoms with Crippen molar-refractivity contribution in [1.82, 2.24) is 9.97 Å². The standard InChI is InChI=1S/C18H12N4O2/c23-22(24)15-7-8-17-16(10-15)18(20-11-19-17)21-14-6-5-12-3-1-2-4-13(12)9-14/h1-11H,(H,19,20,21). The number of non-ortho nitro benzene ring substituents is 1. The first-order valence-electron chi connectivity index (χ1n) is 7.36.